The molecule has 1 aromatic heterocycles. The van der Waals surface area contributed by atoms with Gasteiger partial charge >= 0.3 is 5.97 Å². The minimum atomic E-state index is -1.06. The summed E-state index contributed by atoms with van der Waals surface area (Å²) in [7, 11) is 0. The van der Waals surface area contributed by atoms with Gasteiger partial charge in [0.15, 0.2) is 5.13 Å². The highest BCUT2D eigenvalue weighted by molar-refractivity contribution is 7.13. The third-order valence-electron chi connectivity index (χ3n) is 2.85. The molecule has 1 heterocycles. The number of hydrogen-bond acceptors (Lipinski definition) is 4. The second-order valence-electron chi connectivity index (χ2n) is 4.72. The lowest BCUT2D eigenvalue weighted by Gasteiger charge is -2.15. The smallest absolute Gasteiger partial charge is 0.315 e. The molecule has 7 heteroatoms. The number of hydrogen-bond donors (Lipinski definition) is 2. The largest absolute Gasteiger partial charge is 0.481 e. The molecule has 4 nitrogen and oxygen atoms in total. The number of aromatic nitrogens is 1. The van der Waals surface area contributed by atoms with E-state index in [0.29, 0.717) is 16.5 Å². The number of aliphatic carboxylic acids is 1. The highest BCUT2D eigenvalue weighted by Crippen LogP contribution is 2.29. The van der Waals surface area contributed by atoms with E-state index in [1.54, 1.807) is 19.2 Å². The van der Waals surface area contributed by atoms with E-state index in [-0.39, 0.29) is 5.02 Å². The monoisotopic (exact) mass is 314 g/mol. The van der Waals surface area contributed by atoms with Gasteiger partial charge in [-0.2, -0.15) is 0 Å². The standard InChI is InChI=1S/C13H12ClFN2O2S/c1-13(2,11(18)19)10-6-20-12(17-10)16-7-3-4-9(15)8(14)5-7/h3-6H,1-2H3,(H,16,17)(H,18,19). The Hall–Kier alpha value is -1.66. The lowest BCUT2D eigenvalue weighted by Crippen LogP contribution is -2.28. The van der Waals surface area contributed by atoms with Gasteiger partial charge < -0.3 is 10.4 Å². The SMILES string of the molecule is CC(C)(C(=O)O)c1csc(Nc2ccc(F)c(Cl)c2)n1. The van der Waals surface area contributed by atoms with Crippen molar-refractivity contribution in [3.05, 3.63) is 40.1 Å². The van der Waals surface area contributed by atoms with Gasteiger partial charge in [0.25, 0.3) is 0 Å². The Labute approximate surface area is 124 Å². The average molecular weight is 315 g/mol. The van der Waals surface area contributed by atoms with Crippen molar-refractivity contribution in [2.75, 3.05) is 5.32 Å². The lowest BCUT2D eigenvalue weighted by molar-refractivity contribution is -0.142. The van der Waals surface area contributed by atoms with E-state index in [1.165, 1.54) is 29.5 Å². The van der Waals surface area contributed by atoms with Crippen LogP contribution >= 0.6 is 22.9 Å². The van der Waals surface area contributed by atoms with Gasteiger partial charge in [-0.3, -0.25) is 4.79 Å². The fraction of sp³-hybridized carbons (Fsp3) is 0.231. The average Bonchev–Trinajstić information content (AvgIpc) is 2.83. The summed E-state index contributed by atoms with van der Waals surface area (Å²) < 4.78 is 13.0. The molecule has 0 saturated heterocycles. The van der Waals surface area contributed by atoms with Gasteiger partial charge in [-0.15, -0.1) is 11.3 Å². The van der Waals surface area contributed by atoms with Gasteiger partial charge in [-0.05, 0) is 32.0 Å². The highest BCUT2D eigenvalue weighted by atomic mass is 35.5. The van der Waals surface area contributed by atoms with Crippen LogP contribution in [0.3, 0.4) is 0 Å². The van der Waals surface area contributed by atoms with Crippen LogP contribution in [-0.2, 0) is 10.2 Å². The van der Waals surface area contributed by atoms with Crippen LogP contribution in [0.1, 0.15) is 19.5 Å². The van der Waals surface area contributed by atoms with Crippen LogP contribution in [0, 0.1) is 5.82 Å². The molecule has 0 unspecified atom stereocenters. The molecule has 2 aromatic rings. The van der Waals surface area contributed by atoms with E-state index in [0.717, 1.165) is 0 Å². The third-order valence-corrected chi connectivity index (χ3v) is 3.90. The molecule has 0 saturated carbocycles. The zero-order chi connectivity index (χ0) is 14.9. The summed E-state index contributed by atoms with van der Waals surface area (Å²) >= 11 is 6.97. The number of rotatable bonds is 4. The molecular formula is C13H12ClFN2O2S. The fourth-order valence-corrected chi connectivity index (χ4v) is 2.50. The van der Waals surface area contributed by atoms with E-state index in [9.17, 15) is 9.18 Å². The quantitative estimate of drug-likeness (QED) is 0.894. The summed E-state index contributed by atoms with van der Waals surface area (Å²) in [6, 6.07) is 4.23. The molecule has 2 N–H and O–H groups in total. The summed E-state index contributed by atoms with van der Waals surface area (Å²) in [5.74, 6) is -1.44. The Kier molecular flexibility index (Phi) is 3.96. The maximum atomic E-state index is 13.0. The maximum Gasteiger partial charge on any atom is 0.315 e. The van der Waals surface area contributed by atoms with Crippen LogP contribution in [0.15, 0.2) is 23.6 Å². The molecular weight excluding hydrogens is 303 g/mol. The molecule has 0 radical (unpaired) electrons. The highest BCUT2D eigenvalue weighted by Gasteiger charge is 2.32. The third kappa shape index (κ3) is 2.91. The van der Waals surface area contributed by atoms with Crippen molar-refractivity contribution in [2.24, 2.45) is 0 Å². The first-order valence-corrected chi connectivity index (χ1v) is 6.98. The van der Waals surface area contributed by atoms with E-state index in [1.807, 2.05) is 0 Å². The predicted molar refractivity (Wildman–Crippen MR) is 77.5 cm³/mol. The van der Waals surface area contributed by atoms with Gasteiger partial charge in [0.05, 0.1) is 10.7 Å². The fourth-order valence-electron chi connectivity index (χ4n) is 1.43. The van der Waals surface area contributed by atoms with Crippen molar-refractivity contribution < 1.29 is 14.3 Å². The normalized spacial score (nSPS) is 11.4. The van der Waals surface area contributed by atoms with Gasteiger partial charge in [0.1, 0.15) is 11.2 Å². The van der Waals surface area contributed by atoms with Crippen molar-refractivity contribution in [3.8, 4) is 0 Å². The molecule has 106 valence electrons. The summed E-state index contributed by atoms with van der Waals surface area (Å²) in [6.07, 6.45) is 0. The molecule has 0 aliphatic rings. The second-order valence-corrected chi connectivity index (χ2v) is 5.99. The predicted octanol–water partition coefficient (Wildman–Crippen LogP) is 4.04. The summed E-state index contributed by atoms with van der Waals surface area (Å²) in [6.45, 7) is 3.17. The number of halogens is 2. The number of carboxylic acids is 1. The first kappa shape index (κ1) is 14.7. The van der Waals surface area contributed by atoms with Crippen molar-refractivity contribution in [1.82, 2.24) is 4.98 Å². The van der Waals surface area contributed by atoms with E-state index < -0.39 is 17.2 Å². The number of anilines is 2. The van der Waals surface area contributed by atoms with Gasteiger partial charge in [-0.25, -0.2) is 9.37 Å². The Morgan fingerprint density at radius 1 is 1.50 bits per heavy atom. The molecule has 2 rings (SSSR count). The second kappa shape index (κ2) is 5.38. The molecule has 0 atom stereocenters. The van der Waals surface area contributed by atoms with Crippen LogP contribution in [0.2, 0.25) is 5.02 Å². The summed E-state index contributed by atoms with van der Waals surface area (Å²) in [5.41, 5.74) is -0.00668. The molecule has 0 amide bonds. The first-order chi connectivity index (χ1) is 9.30. The number of benzene rings is 1. The van der Waals surface area contributed by atoms with Crippen LogP contribution in [0.5, 0.6) is 0 Å². The van der Waals surface area contributed by atoms with E-state index >= 15 is 0 Å². The van der Waals surface area contributed by atoms with Crippen molar-refractivity contribution in [3.63, 3.8) is 0 Å². The number of thiazole rings is 1. The van der Waals surface area contributed by atoms with Crippen LogP contribution in [0.4, 0.5) is 15.2 Å². The maximum absolute atomic E-state index is 13.0. The van der Waals surface area contributed by atoms with Crippen molar-refractivity contribution in [2.45, 2.75) is 19.3 Å². The minimum Gasteiger partial charge on any atom is -0.481 e. The Bertz CT molecular complexity index is 658. The molecule has 0 aliphatic carbocycles. The van der Waals surface area contributed by atoms with Crippen LogP contribution in [0.25, 0.3) is 0 Å². The number of carboxylic acid groups (broad SMARTS) is 1. The number of nitrogens with zero attached hydrogens (tertiary/aromatic N) is 1. The minimum absolute atomic E-state index is 0.0117. The Balaban J connectivity index is 2.21. The summed E-state index contributed by atoms with van der Waals surface area (Å²) in [5, 5.41) is 14.3. The first-order valence-electron chi connectivity index (χ1n) is 5.72. The molecule has 0 spiro atoms. The van der Waals surface area contributed by atoms with Crippen molar-refractivity contribution >= 4 is 39.7 Å². The van der Waals surface area contributed by atoms with Gasteiger partial charge in [0, 0.05) is 11.1 Å². The molecule has 0 fully saturated rings. The molecule has 20 heavy (non-hydrogen) atoms. The van der Waals surface area contributed by atoms with Crippen LogP contribution in [-0.4, -0.2) is 16.1 Å². The van der Waals surface area contributed by atoms with Crippen LogP contribution < -0.4 is 5.32 Å². The zero-order valence-electron chi connectivity index (χ0n) is 10.8. The molecule has 0 aliphatic heterocycles. The molecule has 1 aromatic carbocycles. The van der Waals surface area contributed by atoms with Crippen molar-refractivity contribution in [1.29, 1.82) is 0 Å². The van der Waals surface area contributed by atoms with E-state index in [4.69, 9.17) is 16.7 Å². The van der Waals surface area contributed by atoms with Gasteiger partial charge in [0.2, 0.25) is 0 Å². The zero-order valence-corrected chi connectivity index (χ0v) is 12.3. The topological polar surface area (TPSA) is 62.2 Å². The Morgan fingerprint density at radius 2 is 2.20 bits per heavy atom. The summed E-state index contributed by atoms with van der Waals surface area (Å²) in [4.78, 5) is 15.4. The lowest BCUT2D eigenvalue weighted by atomic mass is 9.90. The van der Waals surface area contributed by atoms with E-state index in [2.05, 4.69) is 10.3 Å². The number of nitrogens with one attached hydrogen (secondary N) is 1. The van der Waals surface area contributed by atoms with Gasteiger partial charge in [-0.1, -0.05) is 11.6 Å². The number of carbonyl (C=O) groups is 1. The molecule has 0 bridgehead atoms. The Morgan fingerprint density at radius 3 is 2.80 bits per heavy atom.